The van der Waals surface area contributed by atoms with E-state index < -0.39 is 50.5 Å². The number of likely N-dealkylation sites (tertiary alicyclic amines) is 1. The van der Waals surface area contributed by atoms with Crippen LogP contribution in [0.4, 0.5) is 0 Å². The Hall–Kier alpha value is -4.54. The van der Waals surface area contributed by atoms with Gasteiger partial charge in [-0.2, -0.15) is 0 Å². The van der Waals surface area contributed by atoms with Crippen molar-refractivity contribution in [3.63, 3.8) is 0 Å². The summed E-state index contributed by atoms with van der Waals surface area (Å²) in [5.41, 5.74) is -0.380. The number of ether oxygens (including phenoxy) is 3. The van der Waals surface area contributed by atoms with Crippen LogP contribution in [0.2, 0.25) is 0 Å². The van der Waals surface area contributed by atoms with Crippen LogP contribution < -0.4 is 31.1 Å². The van der Waals surface area contributed by atoms with Crippen LogP contribution in [-0.4, -0.2) is 81.3 Å². The number of alkyl halides is 3. The third-order valence-electron chi connectivity index (χ3n) is 10.2. The van der Waals surface area contributed by atoms with E-state index in [4.69, 9.17) is 37.4 Å². The summed E-state index contributed by atoms with van der Waals surface area (Å²) in [5, 5.41) is 11.4. The zero-order chi connectivity index (χ0) is 37.4. The molecule has 4 atom stereocenters. The van der Waals surface area contributed by atoms with Crippen molar-refractivity contribution in [2.24, 2.45) is 7.05 Å². The second-order valence-electron chi connectivity index (χ2n) is 12.7. The maximum atomic E-state index is 14.2. The molecule has 2 fully saturated rings. The summed E-state index contributed by atoms with van der Waals surface area (Å²) >= 11 is 17.7. The van der Waals surface area contributed by atoms with Crippen molar-refractivity contribution in [1.82, 2.24) is 28.4 Å². The largest absolute Gasteiger partial charge is 0.504 e. The van der Waals surface area contributed by atoms with Crippen LogP contribution in [0.3, 0.4) is 0 Å². The van der Waals surface area contributed by atoms with Crippen molar-refractivity contribution in [2.75, 3.05) is 26.3 Å². The van der Waals surface area contributed by atoms with Gasteiger partial charge >= 0.3 is 11.4 Å². The smallest absolute Gasteiger partial charge is 0.347 e. The number of aromatic hydroxyl groups is 1. The van der Waals surface area contributed by atoms with E-state index in [2.05, 4.69) is 20.9 Å². The number of hydrogen-bond donors (Lipinski definition) is 1. The number of phenols is 1. The van der Waals surface area contributed by atoms with Crippen molar-refractivity contribution in [3.05, 3.63) is 84.6 Å². The quantitative estimate of drug-likeness (QED) is 0.115. The summed E-state index contributed by atoms with van der Waals surface area (Å²) in [6.45, 7) is 1.67. The number of phenolic OH excluding ortho intramolecular Hbond substituents is 1. The minimum Gasteiger partial charge on any atom is -0.504 e. The maximum absolute atomic E-state index is 14.2. The van der Waals surface area contributed by atoms with E-state index in [1.807, 2.05) is 0 Å². The summed E-state index contributed by atoms with van der Waals surface area (Å²) in [5.74, 6) is -2.12. The van der Waals surface area contributed by atoms with E-state index in [-0.39, 0.29) is 60.7 Å². The third-order valence-corrected chi connectivity index (χ3v) is 12.1. The molecule has 0 bridgehead atoms. The molecule has 52 heavy (non-hydrogen) atoms. The molecule has 18 heteroatoms. The van der Waals surface area contributed by atoms with Crippen LogP contribution in [0.1, 0.15) is 36.6 Å². The average Bonchev–Trinajstić information content (AvgIpc) is 3.46. The Bertz CT molecular complexity index is 2400. The number of fused-ring (bicyclic) bond motifs is 5. The van der Waals surface area contributed by atoms with Gasteiger partial charge in [-0.3, -0.25) is 19.3 Å². The number of carbonyl (C=O) groups excluding carboxylic acids is 2. The van der Waals surface area contributed by atoms with Crippen LogP contribution in [0.5, 0.6) is 23.0 Å². The molecule has 1 saturated heterocycles. The van der Waals surface area contributed by atoms with Crippen molar-refractivity contribution < 1.29 is 28.9 Å². The number of carbonyl (C=O) groups is 2. The standard InChI is InChI=1S/C34H33BrCl2N6O9/c1-5-52-23-8-6-7-18(27(23)44)26-17-9-12-42-31(48)40(11-10-19-28(45)39(2)21-14-25(51-4)24(50-3)13-20(21)38-19)32(49)43(42)22(17)15-33(36)29(46)41(16-35)30(47)34(26,33)37/h6-9,13-14,22,26,44H,5,10-12,15-16H2,1-4H3. The van der Waals surface area contributed by atoms with Crippen molar-refractivity contribution in [2.45, 2.75) is 54.6 Å². The van der Waals surface area contributed by atoms with Gasteiger partial charge in [0, 0.05) is 50.0 Å². The van der Waals surface area contributed by atoms with Crippen molar-refractivity contribution in [1.29, 1.82) is 0 Å². The number of amides is 2. The topological polar surface area (TPSA) is 169 Å². The lowest BCUT2D eigenvalue weighted by atomic mass is 9.64. The molecule has 2 aromatic heterocycles. The maximum Gasteiger partial charge on any atom is 0.347 e. The molecular weight excluding hydrogens is 787 g/mol. The Kier molecular flexibility index (Phi) is 8.85. The van der Waals surface area contributed by atoms with E-state index in [0.29, 0.717) is 28.1 Å². The molecule has 2 aliphatic heterocycles. The minimum absolute atomic E-state index is 0.0702. The zero-order valence-corrected chi connectivity index (χ0v) is 31.5. The summed E-state index contributed by atoms with van der Waals surface area (Å²) in [6.07, 6.45) is 1.28. The van der Waals surface area contributed by atoms with Gasteiger partial charge in [0.1, 0.15) is 5.69 Å². The molecule has 15 nitrogen and oxygen atoms in total. The number of allylic oxidation sites excluding steroid dienone is 2. The number of rotatable bonds is 9. The zero-order valence-electron chi connectivity index (χ0n) is 28.4. The fourth-order valence-electron chi connectivity index (χ4n) is 7.73. The van der Waals surface area contributed by atoms with Crippen LogP contribution in [0, 0.1) is 0 Å². The first-order valence-corrected chi connectivity index (χ1v) is 18.1. The number of hydrogen-bond acceptors (Lipinski definition) is 10. The lowest BCUT2D eigenvalue weighted by molar-refractivity contribution is -0.138. The van der Waals surface area contributed by atoms with Gasteiger partial charge in [0.15, 0.2) is 32.7 Å². The molecule has 2 aromatic carbocycles. The highest BCUT2D eigenvalue weighted by Gasteiger charge is 2.75. The second kappa shape index (κ2) is 12.8. The van der Waals surface area contributed by atoms with E-state index in [1.54, 1.807) is 50.4 Å². The Balaban J connectivity index is 1.33. The molecule has 274 valence electrons. The molecule has 4 unspecified atom stereocenters. The molecule has 2 amide bonds. The SMILES string of the molecule is CCOc1cccc(C2C3=CCn4c(=O)n(CCc5nc6cc(OC)c(OC)cc6n(C)c5=O)c(=O)n4C3CC3(Cl)C(=O)N(CBr)C(=O)C23Cl)c1O. The minimum atomic E-state index is -2.12. The number of methoxy groups -OCH3 is 2. The second-order valence-corrected chi connectivity index (χ2v) is 14.4. The molecule has 0 radical (unpaired) electrons. The molecule has 7 rings (SSSR count). The van der Waals surface area contributed by atoms with Crippen molar-refractivity contribution >= 4 is 62.0 Å². The molecule has 1 saturated carbocycles. The van der Waals surface area contributed by atoms with Crippen molar-refractivity contribution in [3.8, 4) is 23.0 Å². The van der Waals surface area contributed by atoms with Gasteiger partial charge in [0.05, 0.1) is 49.9 Å². The van der Waals surface area contributed by atoms with E-state index in [9.17, 15) is 29.1 Å². The van der Waals surface area contributed by atoms with Crippen LogP contribution in [-0.2, 0) is 36.1 Å². The molecule has 4 aromatic rings. The molecular formula is C34H33BrCl2N6O9. The summed E-state index contributed by atoms with van der Waals surface area (Å²) in [4.78, 5) is 70.6. The lowest BCUT2D eigenvalue weighted by Crippen LogP contribution is -2.59. The Morgan fingerprint density at radius 2 is 1.73 bits per heavy atom. The average molecular weight is 820 g/mol. The number of aromatic nitrogens is 5. The number of imide groups is 1. The van der Waals surface area contributed by atoms with E-state index in [0.717, 1.165) is 9.47 Å². The highest BCUT2D eigenvalue weighted by Crippen LogP contribution is 2.64. The number of para-hydroxylation sites is 1. The third kappa shape index (κ3) is 4.83. The number of nitrogens with zero attached hydrogens (tertiary/aromatic N) is 6. The highest BCUT2D eigenvalue weighted by atomic mass is 79.9. The fraction of sp³-hybridized carbons (Fsp3) is 0.412. The van der Waals surface area contributed by atoms with Gasteiger partial charge < -0.3 is 23.9 Å². The molecule has 1 aliphatic carbocycles. The molecule has 1 N–H and O–H groups in total. The normalized spacial score (nSPS) is 23.7. The molecule has 0 spiro atoms. The first-order chi connectivity index (χ1) is 24.8. The van der Waals surface area contributed by atoms with Gasteiger partial charge in [-0.15, -0.1) is 23.2 Å². The molecule has 4 heterocycles. The first kappa shape index (κ1) is 35.8. The Morgan fingerprint density at radius 1 is 1.02 bits per heavy atom. The van der Waals surface area contributed by atoms with E-state index in [1.165, 1.54) is 28.2 Å². The molecule has 3 aliphatic rings. The number of halogens is 3. The van der Waals surface area contributed by atoms with Gasteiger partial charge in [-0.1, -0.05) is 34.1 Å². The van der Waals surface area contributed by atoms with Gasteiger partial charge in [0.25, 0.3) is 17.4 Å². The van der Waals surface area contributed by atoms with Gasteiger partial charge in [-0.25, -0.2) is 28.5 Å². The Labute approximate surface area is 313 Å². The summed E-state index contributed by atoms with van der Waals surface area (Å²) in [7, 11) is 4.54. The first-order valence-electron chi connectivity index (χ1n) is 16.3. The predicted molar refractivity (Wildman–Crippen MR) is 193 cm³/mol. The fourth-order valence-corrected chi connectivity index (χ4v) is 9.13. The Morgan fingerprint density at radius 3 is 2.40 bits per heavy atom. The van der Waals surface area contributed by atoms with Crippen LogP contribution in [0.25, 0.3) is 11.0 Å². The van der Waals surface area contributed by atoms with Crippen LogP contribution in [0.15, 0.2) is 56.4 Å². The monoisotopic (exact) mass is 818 g/mol. The summed E-state index contributed by atoms with van der Waals surface area (Å²) < 4.78 is 21.2. The van der Waals surface area contributed by atoms with E-state index >= 15 is 0 Å². The van der Waals surface area contributed by atoms with Crippen LogP contribution >= 0.6 is 39.1 Å². The number of aryl methyl sites for hydroxylation is 2. The number of benzene rings is 2. The highest BCUT2D eigenvalue weighted by molar-refractivity contribution is 9.09. The van der Waals surface area contributed by atoms with Gasteiger partial charge in [-0.05, 0) is 18.6 Å². The lowest BCUT2D eigenvalue weighted by Gasteiger charge is -2.49. The summed E-state index contributed by atoms with van der Waals surface area (Å²) in [6, 6.07) is 6.96. The predicted octanol–water partition coefficient (Wildman–Crippen LogP) is 2.77. The van der Waals surface area contributed by atoms with Gasteiger partial charge in [0.2, 0.25) is 0 Å².